The van der Waals surface area contributed by atoms with E-state index >= 15 is 0 Å². The Labute approximate surface area is 216 Å². The maximum Gasteiger partial charge on any atom is 0.430 e. The molecule has 1 aromatic heterocycles. The highest BCUT2D eigenvalue weighted by Gasteiger charge is 2.29. The second kappa shape index (κ2) is 11.8. The number of carbonyl (C=O) groups is 3. The van der Waals surface area contributed by atoms with Crippen LogP contribution in [-0.4, -0.2) is 35.5 Å². The highest BCUT2D eigenvalue weighted by atomic mass is 19.4. The van der Waals surface area contributed by atoms with Gasteiger partial charge in [0.15, 0.2) is 0 Å². The number of amides is 2. The summed E-state index contributed by atoms with van der Waals surface area (Å²) in [7, 11) is 0. The minimum atomic E-state index is -5.19. The van der Waals surface area contributed by atoms with Gasteiger partial charge in [-0.25, -0.2) is 9.37 Å². The normalized spacial score (nSPS) is 13.5. The molecule has 11 heteroatoms. The van der Waals surface area contributed by atoms with Crippen LogP contribution >= 0.6 is 0 Å². The van der Waals surface area contributed by atoms with Gasteiger partial charge in [0.05, 0.1) is 6.04 Å². The van der Waals surface area contributed by atoms with E-state index in [4.69, 9.17) is 9.90 Å². The average Bonchev–Trinajstić information content (AvgIpc) is 2.87. The minimum Gasteiger partial charge on any atom is -0.542 e. The molecule has 1 aliphatic heterocycles. The smallest absolute Gasteiger partial charge is 0.430 e. The first-order valence-corrected chi connectivity index (χ1v) is 11.6. The molecule has 0 saturated heterocycles. The van der Waals surface area contributed by atoms with Gasteiger partial charge in [0.1, 0.15) is 17.5 Å². The van der Waals surface area contributed by atoms with E-state index in [1.54, 1.807) is 11.0 Å². The number of carboxylic acid groups (broad SMARTS) is 1. The van der Waals surface area contributed by atoms with Gasteiger partial charge in [-0.15, -0.1) is 0 Å². The Balaban J connectivity index is 0.000000505. The Morgan fingerprint density at radius 1 is 1.05 bits per heavy atom. The number of rotatable bonds is 4. The molecule has 2 aromatic carbocycles. The van der Waals surface area contributed by atoms with Crippen molar-refractivity contribution < 1.29 is 37.1 Å². The second-order valence-corrected chi connectivity index (χ2v) is 8.60. The van der Waals surface area contributed by atoms with Crippen LogP contribution in [0.2, 0.25) is 0 Å². The van der Waals surface area contributed by atoms with Gasteiger partial charge in [0.25, 0.3) is 11.8 Å². The van der Waals surface area contributed by atoms with Gasteiger partial charge in [0, 0.05) is 23.5 Å². The molecule has 0 saturated carbocycles. The number of carboxylic acids is 1. The molecular weight excluding hydrogens is 506 g/mol. The van der Waals surface area contributed by atoms with E-state index < -0.39 is 12.1 Å². The summed E-state index contributed by atoms with van der Waals surface area (Å²) < 4.78 is 44.6. The molecule has 1 atom stereocenters. The van der Waals surface area contributed by atoms with Crippen molar-refractivity contribution >= 4 is 23.5 Å². The minimum absolute atomic E-state index is 0.102. The van der Waals surface area contributed by atoms with Crippen LogP contribution in [0.4, 0.5) is 23.2 Å². The number of carbonyl (C=O) groups excluding carboxylic acids is 3. The van der Waals surface area contributed by atoms with E-state index in [9.17, 15) is 27.2 Å². The summed E-state index contributed by atoms with van der Waals surface area (Å²) in [5.41, 5.74) is 4.58. The summed E-state index contributed by atoms with van der Waals surface area (Å²) in [5.74, 6) is -3.74. The molecule has 0 bridgehead atoms. The lowest BCUT2D eigenvalue weighted by atomic mass is 9.96. The Bertz CT molecular complexity index is 1330. The van der Waals surface area contributed by atoms with Crippen molar-refractivity contribution in [3.8, 4) is 0 Å². The van der Waals surface area contributed by atoms with E-state index in [0.717, 1.165) is 35.3 Å². The summed E-state index contributed by atoms with van der Waals surface area (Å²) in [6.07, 6.45) is -3.46. The third-order valence-corrected chi connectivity index (χ3v) is 5.76. The van der Waals surface area contributed by atoms with Crippen molar-refractivity contribution in [1.29, 1.82) is 0 Å². The molecule has 0 radical (unpaired) electrons. The summed E-state index contributed by atoms with van der Waals surface area (Å²) in [5, 5.41) is 11.7. The molecule has 4 rings (SSSR count). The van der Waals surface area contributed by atoms with Crippen molar-refractivity contribution in [2.75, 3.05) is 11.4 Å². The van der Waals surface area contributed by atoms with Crippen LogP contribution in [0.25, 0.3) is 0 Å². The monoisotopic (exact) mass is 530 g/mol. The second-order valence-electron chi connectivity index (χ2n) is 8.60. The number of alkyl halides is 3. The highest BCUT2D eigenvalue weighted by molar-refractivity contribution is 6.05. The molecule has 1 unspecified atom stereocenters. The van der Waals surface area contributed by atoms with Crippen LogP contribution in [0.1, 0.15) is 57.1 Å². The highest BCUT2D eigenvalue weighted by Crippen LogP contribution is 2.31. The lowest BCUT2D eigenvalue weighted by molar-refractivity contribution is -0.344. The fourth-order valence-corrected chi connectivity index (χ4v) is 3.86. The number of halogens is 4. The molecule has 38 heavy (non-hydrogen) atoms. The van der Waals surface area contributed by atoms with Crippen LogP contribution in [0.15, 0.2) is 60.7 Å². The predicted molar refractivity (Wildman–Crippen MR) is 129 cm³/mol. The van der Waals surface area contributed by atoms with Gasteiger partial charge in [-0.2, -0.15) is 13.2 Å². The number of hydrogen-bond acceptors (Lipinski definition) is 5. The van der Waals surface area contributed by atoms with Crippen LogP contribution in [0.3, 0.4) is 0 Å². The lowest BCUT2D eigenvalue weighted by Gasteiger charge is -2.30. The lowest BCUT2D eigenvalue weighted by Crippen LogP contribution is -2.37. The number of pyridine rings is 1. The summed E-state index contributed by atoms with van der Waals surface area (Å²) in [6, 6.07) is 16.6. The molecule has 2 heterocycles. The van der Waals surface area contributed by atoms with Crippen molar-refractivity contribution in [3.05, 3.63) is 94.6 Å². The third-order valence-electron chi connectivity index (χ3n) is 5.76. The van der Waals surface area contributed by atoms with Gasteiger partial charge < -0.3 is 20.1 Å². The van der Waals surface area contributed by atoms with Crippen LogP contribution < -0.4 is 15.3 Å². The van der Waals surface area contributed by atoms with Crippen LogP contribution in [0.5, 0.6) is 0 Å². The fraction of sp³-hybridized carbons (Fsp3) is 0.259. The van der Waals surface area contributed by atoms with Gasteiger partial charge in [-0.3, -0.25) is 9.59 Å². The Kier molecular flexibility index (Phi) is 8.82. The molecule has 1 aliphatic rings. The van der Waals surface area contributed by atoms with Gasteiger partial charge in [0.2, 0.25) is 0 Å². The zero-order valence-corrected chi connectivity index (χ0v) is 20.5. The Hall–Kier alpha value is -4.28. The first-order valence-electron chi connectivity index (χ1n) is 11.6. The summed E-state index contributed by atoms with van der Waals surface area (Å²) in [4.78, 5) is 40.4. The Morgan fingerprint density at radius 2 is 1.71 bits per heavy atom. The van der Waals surface area contributed by atoms with Gasteiger partial charge >= 0.3 is 6.18 Å². The standard InChI is InChI=1S/C25H24FN3O2.C2HF3O2/c1-16-5-3-7-22(27-16)25(31)29-14-4-6-20-15-19(10-13-23(20)29)17(2)28-24(30)18-8-11-21(26)12-9-18;3-2(4,5)1(6)7/h3,5,7-13,15,17H,4,6,14H2,1-2H3,(H,28,30);(H,6,7)/p-1. The van der Waals surface area contributed by atoms with E-state index in [0.29, 0.717) is 17.8 Å². The number of aliphatic carboxylic acids is 1. The van der Waals surface area contributed by atoms with Crippen molar-refractivity contribution in [3.63, 3.8) is 0 Å². The molecule has 200 valence electrons. The largest absolute Gasteiger partial charge is 0.542 e. The first-order chi connectivity index (χ1) is 17.9. The van der Waals surface area contributed by atoms with Crippen molar-refractivity contribution in [1.82, 2.24) is 10.3 Å². The number of hydrogen-bond donors (Lipinski definition) is 1. The average molecular weight is 530 g/mol. The molecule has 1 N–H and O–H groups in total. The van der Waals surface area contributed by atoms with E-state index in [2.05, 4.69) is 10.3 Å². The zero-order valence-electron chi connectivity index (χ0n) is 20.5. The number of nitrogens with zero attached hydrogens (tertiary/aromatic N) is 2. The number of fused-ring (bicyclic) bond motifs is 1. The third kappa shape index (κ3) is 7.15. The summed E-state index contributed by atoms with van der Waals surface area (Å²) >= 11 is 0. The van der Waals surface area contributed by atoms with E-state index in [1.165, 1.54) is 24.3 Å². The SMILES string of the molecule is Cc1cccc(C(=O)N2CCCc3cc(C(C)NC(=O)c4ccc(F)cc4)ccc32)n1.O=C([O-])C(F)(F)F. The molecule has 0 aliphatic carbocycles. The quantitative estimate of drug-likeness (QED) is 0.516. The molecule has 0 fully saturated rings. The maximum absolute atomic E-state index is 13.1. The molecule has 0 spiro atoms. The molecule has 2 amide bonds. The fourth-order valence-electron chi connectivity index (χ4n) is 3.86. The molecule has 3 aromatic rings. The molecule has 7 nitrogen and oxygen atoms in total. The maximum atomic E-state index is 13.1. The Morgan fingerprint density at radius 3 is 2.32 bits per heavy atom. The van der Waals surface area contributed by atoms with E-state index in [-0.39, 0.29) is 23.7 Å². The van der Waals surface area contributed by atoms with Crippen LogP contribution in [0, 0.1) is 12.7 Å². The van der Waals surface area contributed by atoms with Crippen molar-refractivity contribution in [2.45, 2.75) is 38.9 Å². The van der Waals surface area contributed by atoms with Gasteiger partial charge in [-0.05, 0) is 80.3 Å². The first kappa shape index (κ1) is 28.3. The van der Waals surface area contributed by atoms with Crippen molar-refractivity contribution in [2.24, 2.45) is 0 Å². The number of aromatic nitrogens is 1. The molecular formula is C27H24F4N3O4-. The zero-order chi connectivity index (χ0) is 28.0. The summed E-state index contributed by atoms with van der Waals surface area (Å²) in [6.45, 7) is 4.43. The van der Waals surface area contributed by atoms with Gasteiger partial charge in [-0.1, -0.05) is 18.2 Å². The number of benzene rings is 2. The van der Waals surface area contributed by atoms with Crippen LogP contribution in [-0.2, 0) is 11.2 Å². The predicted octanol–water partition coefficient (Wildman–Crippen LogP) is 3.91. The topological polar surface area (TPSA) is 102 Å². The number of nitrogens with one attached hydrogen (secondary N) is 1. The number of aryl methyl sites for hydroxylation is 2. The number of anilines is 1. The van der Waals surface area contributed by atoms with E-state index in [1.807, 2.05) is 44.2 Å².